The first kappa shape index (κ1) is 106. The molecule has 7 aliphatic rings. The van der Waals surface area contributed by atoms with Crippen LogP contribution in [-0.2, 0) is 66.7 Å². The third-order valence-corrected chi connectivity index (χ3v) is 29.4. The SMILES string of the molecule is C1CCOC1.C=C[C@@H]1C[C@]1(NC(=O)C1C[C@H](O)CN1C(=O)[C@@H](NC(=O)OC1CCCC1)C(C)(C)C)C(=O)OC.C=C[C@@H]1C[C@]1(NC(=O)[C@@H]1C[C@@H](Oc2cc(C(=O)OC)nc3c(C)c(OC)ccc23)CN1C(=O)[C@@H](NC(=O)OC1CCCC1)C(C)(C)C)C(=O)OC.COC(=O)c1cc(=O)c2ccc(OC)c(C)c2[nH]1.C[Si](C)(C)CCOC(=O)c1ccc(P(c2ccccc2)c2ccccc2)cc1. The number of H-pyrrole nitrogens is 1. The molecule has 7 fully saturated rings. The Balaban J connectivity index is 0.000000195. The minimum absolute atomic E-state index is 0.00133. The number of benzene rings is 5. The number of alkyl carbamates (subject to hydrolysis) is 2. The van der Waals surface area contributed by atoms with Gasteiger partial charge in [-0.3, -0.25) is 24.0 Å². The minimum atomic E-state index is -1.30. The molecular weight excluding hydrogens is 1780 g/mol. The second-order valence-corrected chi connectivity index (χ2v) is 46.2. The van der Waals surface area contributed by atoms with Gasteiger partial charge in [0.1, 0.15) is 76.5 Å². The summed E-state index contributed by atoms with van der Waals surface area (Å²) in [5.41, 5.74) is -0.965. The number of esters is 5. The summed E-state index contributed by atoms with van der Waals surface area (Å²) in [5.74, 6) is -3.93. The van der Waals surface area contributed by atoms with Gasteiger partial charge in [0.05, 0.1) is 78.5 Å². The van der Waals surface area contributed by atoms with Gasteiger partial charge >= 0.3 is 42.0 Å². The number of likely N-dealkylation sites (tertiary alicyclic amines) is 2. The molecular formula is C102H133N8O24PSi. The Morgan fingerprint density at radius 1 is 0.566 bits per heavy atom. The molecule has 10 atom stereocenters. The second kappa shape index (κ2) is 47.1. The molecule has 34 heteroatoms. The summed E-state index contributed by atoms with van der Waals surface area (Å²) in [6.07, 6.45) is 10.1. The molecule has 14 rings (SSSR count). The number of aliphatic hydroxyl groups excluding tert-OH is 1. The molecule has 4 aliphatic carbocycles. The van der Waals surface area contributed by atoms with Crippen molar-refractivity contribution in [3.8, 4) is 17.2 Å². The highest BCUT2D eigenvalue weighted by molar-refractivity contribution is 7.79. The number of pyridine rings is 2. The Hall–Kier alpha value is -12.1. The van der Waals surface area contributed by atoms with Crippen LogP contribution in [0, 0.1) is 36.5 Å². The average molecular weight is 1910 g/mol. The number of rotatable bonds is 27. The molecule has 6 N–H and O–H groups in total. The number of nitrogens with one attached hydrogen (secondary N) is 5. The van der Waals surface area contributed by atoms with Crippen LogP contribution in [0.15, 0.2) is 151 Å². The van der Waals surface area contributed by atoms with Crippen molar-refractivity contribution in [3.63, 3.8) is 0 Å². The largest absolute Gasteiger partial charge is 0.496 e. The molecule has 0 bridgehead atoms. The van der Waals surface area contributed by atoms with E-state index in [0.717, 1.165) is 76.2 Å². The standard InChI is InChI=1S/C37H48N4O10.C24H37N3O7.C24H27O2PSi.C13H13NO4.C4H8O/c1-9-21-18-37(21,34(45)49-8)40-31(42)26-16-23(19-41(26)32(43)30(36(3,4)5)39-35(46)51-22-12-10-11-13-22)50-28-17-25(33(44)48-7)38-29-20(2)27(47-6)15-14-24(28)29;1-6-14-12-24(14,21(31)33-5)26-19(29)17-11-15(28)13-27(17)20(30)18(23(2,3)4)25-22(32)34-16-9-7-8-10-16;1-28(2,3)19-18-26-24(25)20-14-16-23(17-15-20)27(21-10-6-4-7-11-21)22-12-8-5-9-13-22;1-7-11(17-2)5-4-8-10(15)6-9(13(16)18-3)14-12(7)8;1-2-4-5-3-1/h9,14-15,17,21-23,26,30H,1,10-13,16,18-19H2,2-8H3,(H,39,46)(H,40,42);6,14-18,28H,1,7-13H2,2-5H3,(H,25,32)(H,26,29);4-17H,18-19H2,1-3H3;4-6H,1-3H3,(H,14,15);1-4H2/t21-,23-,26+,30-,37-;14-,15+,17?,18-,24-;;;/m11.../s1. The van der Waals surface area contributed by atoms with Crippen LogP contribution < -0.4 is 56.8 Å². The summed E-state index contributed by atoms with van der Waals surface area (Å²) in [4.78, 5) is 165. The predicted octanol–water partition coefficient (Wildman–Crippen LogP) is 12.6. The zero-order valence-corrected chi connectivity index (χ0v) is 83.1. The number of aromatic nitrogens is 2. The summed E-state index contributed by atoms with van der Waals surface area (Å²) in [6, 6.07) is 35.5. The van der Waals surface area contributed by atoms with E-state index in [1.807, 2.05) is 52.0 Å². The Kier molecular flexibility index (Phi) is 36.7. The van der Waals surface area contributed by atoms with Crippen molar-refractivity contribution in [1.29, 1.82) is 0 Å². The van der Waals surface area contributed by atoms with Gasteiger partial charge in [-0.25, -0.2) is 38.5 Å². The molecule has 734 valence electrons. The Labute approximate surface area is 797 Å². The molecule has 2 aromatic heterocycles. The monoisotopic (exact) mass is 1910 g/mol. The van der Waals surface area contributed by atoms with Crippen LogP contribution in [0.2, 0.25) is 25.7 Å². The van der Waals surface area contributed by atoms with Crippen LogP contribution in [-0.4, -0.2) is 234 Å². The smallest absolute Gasteiger partial charge is 0.408 e. The molecule has 6 amide bonds. The number of hydrogen-bond acceptors (Lipinski definition) is 25. The zero-order valence-electron chi connectivity index (χ0n) is 81.2. The predicted molar refractivity (Wildman–Crippen MR) is 518 cm³/mol. The molecule has 1 unspecified atom stereocenters. The first-order valence-corrected chi connectivity index (χ1v) is 51.2. The van der Waals surface area contributed by atoms with E-state index in [0.29, 0.717) is 63.9 Å². The second-order valence-electron chi connectivity index (χ2n) is 38.3. The highest BCUT2D eigenvalue weighted by atomic mass is 31.1. The number of hydrogen-bond donors (Lipinski definition) is 6. The highest BCUT2D eigenvalue weighted by Crippen LogP contribution is 2.48. The number of amides is 6. The van der Waals surface area contributed by atoms with E-state index in [1.54, 1.807) is 71.2 Å². The number of carbonyl (C=O) groups excluding carboxylic acids is 11. The Morgan fingerprint density at radius 3 is 1.46 bits per heavy atom. The molecule has 3 saturated heterocycles. The summed E-state index contributed by atoms with van der Waals surface area (Å²) < 4.78 is 58.1. The topological polar surface area (TPSA) is 410 Å². The number of aryl methyl sites for hydroxylation is 2. The van der Waals surface area contributed by atoms with Gasteiger partial charge in [0.15, 0.2) is 11.1 Å². The van der Waals surface area contributed by atoms with Crippen LogP contribution in [0.4, 0.5) is 9.59 Å². The number of nitrogens with zero attached hydrogens (tertiary/aromatic N) is 3. The van der Waals surface area contributed by atoms with Gasteiger partial charge in [-0.15, -0.1) is 13.2 Å². The number of methoxy groups -OCH3 is 6. The van der Waals surface area contributed by atoms with Gasteiger partial charge < -0.3 is 93.3 Å². The molecule has 0 radical (unpaired) electrons. The van der Waals surface area contributed by atoms with Crippen LogP contribution in [0.3, 0.4) is 0 Å². The molecule has 32 nitrogen and oxygen atoms in total. The minimum Gasteiger partial charge on any atom is -0.496 e. The third kappa shape index (κ3) is 26.8. The zero-order chi connectivity index (χ0) is 99.3. The van der Waals surface area contributed by atoms with Crippen molar-refractivity contribution in [3.05, 3.63) is 185 Å². The van der Waals surface area contributed by atoms with Gasteiger partial charge in [-0.1, -0.05) is 146 Å². The van der Waals surface area contributed by atoms with Crippen LogP contribution in [0.5, 0.6) is 17.2 Å². The van der Waals surface area contributed by atoms with E-state index >= 15 is 0 Å². The van der Waals surface area contributed by atoms with E-state index in [-0.39, 0.29) is 78.5 Å². The van der Waals surface area contributed by atoms with Crippen LogP contribution in [0.25, 0.3) is 21.8 Å². The fraction of sp³-hybridized carbons (Fsp3) is 0.500. The number of β-amino-alcohol motifs (C(OH)–C–C–N with tert-alkyl or cyclic N) is 1. The molecule has 4 saturated carbocycles. The van der Waals surface area contributed by atoms with Crippen molar-refractivity contribution in [2.24, 2.45) is 22.7 Å². The molecule has 3 aliphatic heterocycles. The lowest BCUT2D eigenvalue weighted by Crippen LogP contribution is -2.59. The van der Waals surface area contributed by atoms with Crippen molar-refractivity contribution < 1.29 is 110 Å². The van der Waals surface area contributed by atoms with Crippen LogP contribution >= 0.6 is 7.92 Å². The average Bonchev–Trinajstić information content (AvgIpc) is 1.58. The fourth-order valence-electron chi connectivity index (χ4n) is 17.3. The first-order chi connectivity index (χ1) is 64.6. The van der Waals surface area contributed by atoms with Crippen molar-refractivity contribution in [2.75, 3.05) is 75.6 Å². The lowest BCUT2D eigenvalue weighted by Gasteiger charge is -2.35. The van der Waals surface area contributed by atoms with Gasteiger partial charge in [-0.2, -0.15) is 0 Å². The summed E-state index contributed by atoms with van der Waals surface area (Å²) in [7, 11) is 6.24. The number of ether oxygens (including phenoxy) is 11. The molecule has 136 heavy (non-hydrogen) atoms. The highest BCUT2D eigenvalue weighted by Gasteiger charge is 2.63. The first-order valence-electron chi connectivity index (χ1n) is 46.2. The third-order valence-electron chi connectivity index (χ3n) is 25.2. The van der Waals surface area contributed by atoms with E-state index in [1.165, 1.54) is 86.2 Å². The van der Waals surface area contributed by atoms with Gasteiger partial charge in [0, 0.05) is 86.5 Å². The van der Waals surface area contributed by atoms with Gasteiger partial charge in [0.25, 0.3) is 0 Å². The van der Waals surface area contributed by atoms with E-state index in [9.17, 15) is 62.6 Å². The normalized spacial score (nSPS) is 20.9. The lowest BCUT2D eigenvalue weighted by atomic mass is 9.85. The summed E-state index contributed by atoms with van der Waals surface area (Å²) >= 11 is 0. The Bertz CT molecular complexity index is 5450. The van der Waals surface area contributed by atoms with Gasteiger partial charge in [0.2, 0.25) is 23.6 Å². The maximum absolute atomic E-state index is 14.5. The van der Waals surface area contributed by atoms with Crippen molar-refractivity contribution in [1.82, 2.24) is 41.0 Å². The van der Waals surface area contributed by atoms with Crippen molar-refractivity contribution in [2.45, 2.75) is 231 Å². The molecule has 0 spiro atoms. The number of fused-ring (bicyclic) bond motifs is 2. The van der Waals surface area contributed by atoms with E-state index in [2.05, 4.69) is 129 Å². The lowest BCUT2D eigenvalue weighted by molar-refractivity contribution is -0.149. The number of aliphatic hydroxyl groups is 1. The maximum Gasteiger partial charge on any atom is 0.408 e. The molecule has 7 aromatic rings. The van der Waals surface area contributed by atoms with Crippen molar-refractivity contribution >= 4 is 119 Å². The molecule has 5 heterocycles. The number of carbonyl (C=O) groups is 11. The van der Waals surface area contributed by atoms with Crippen LogP contribution in [0.1, 0.15) is 174 Å². The maximum atomic E-state index is 14.5. The van der Waals surface area contributed by atoms with Gasteiger partial charge in [-0.05, 0) is 168 Å². The van der Waals surface area contributed by atoms with E-state index in [4.69, 9.17) is 47.4 Å². The number of aromatic amines is 1. The summed E-state index contributed by atoms with van der Waals surface area (Å²) in [6.45, 7) is 31.2. The van der Waals surface area contributed by atoms with E-state index < -0.39 is 134 Å². The fourth-order valence-corrected chi connectivity index (χ4v) is 20.3. The quantitative estimate of drug-likeness (QED) is 0.00915. The Morgan fingerprint density at radius 2 is 1.03 bits per heavy atom. The summed E-state index contributed by atoms with van der Waals surface area (Å²) in [5, 5.41) is 26.3. The molecule has 5 aromatic carbocycles.